The summed E-state index contributed by atoms with van der Waals surface area (Å²) in [4.78, 5) is 33.2. The number of rotatable bonds is 11. The summed E-state index contributed by atoms with van der Waals surface area (Å²) in [6.07, 6.45) is 3.13. The van der Waals surface area contributed by atoms with E-state index in [-0.39, 0.29) is 12.2 Å². The molecule has 1 aromatic heterocycles. The molecule has 0 radical (unpaired) electrons. The van der Waals surface area contributed by atoms with Crippen LogP contribution >= 0.6 is 11.3 Å². The van der Waals surface area contributed by atoms with Gasteiger partial charge in [0.1, 0.15) is 29.9 Å². The lowest BCUT2D eigenvalue weighted by Gasteiger charge is -2.27. The highest BCUT2D eigenvalue weighted by Crippen LogP contribution is 2.38. The van der Waals surface area contributed by atoms with Gasteiger partial charge in [0.15, 0.2) is 4.80 Å². The van der Waals surface area contributed by atoms with E-state index in [1.807, 2.05) is 55.5 Å². The van der Waals surface area contributed by atoms with E-state index in [4.69, 9.17) is 23.9 Å². The van der Waals surface area contributed by atoms with E-state index < -0.39 is 12.0 Å². The van der Waals surface area contributed by atoms with E-state index in [0.29, 0.717) is 56.4 Å². The van der Waals surface area contributed by atoms with Crippen LogP contribution in [0, 0.1) is 0 Å². The van der Waals surface area contributed by atoms with Crippen LogP contribution in [0.2, 0.25) is 0 Å². The molecule has 0 saturated carbocycles. The van der Waals surface area contributed by atoms with Crippen LogP contribution in [0.25, 0.3) is 16.8 Å². The molecule has 2 heterocycles. The quantitative estimate of drug-likeness (QED) is 0.156. The number of ether oxygens (including phenoxy) is 4. The normalized spacial score (nSPS) is 14.5. The zero-order chi connectivity index (χ0) is 32.9. The Morgan fingerprint density at radius 3 is 2.53 bits per heavy atom. The lowest BCUT2D eigenvalue weighted by atomic mass is 9.93. The molecular formula is C38H36N2O6S. The van der Waals surface area contributed by atoms with Crippen molar-refractivity contribution in [1.82, 2.24) is 4.57 Å². The van der Waals surface area contributed by atoms with E-state index in [0.717, 1.165) is 28.3 Å². The van der Waals surface area contributed by atoms with Gasteiger partial charge >= 0.3 is 5.97 Å². The maximum atomic E-state index is 14.3. The van der Waals surface area contributed by atoms with Crippen molar-refractivity contribution in [2.45, 2.75) is 39.3 Å². The van der Waals surface area contributed by atoms with E-state index in [1.165, 1.54) is 11.3 Å². The molecule has 1 aliphatic rings. The Bertz CT molecular complexity index is 2160. The molecule has 0 unspecified atom stereocenters. The molecular weight excluding hydrogens is 612 g/mol. The Hall–Kier alpha value is -5.15. The van der Waals surface area contributed by atoms with Gasteiger partial charge in [-0.1, -0.05) is 79.3 Å². The fourth-order valence-electron chi connectivity index (χ4n) is 5.89. The van der Waals surface area contributed by atoms with E-state index >= 15 is 0 Å². The first-order valence-electron chi connectivity index (χ1n) is 15.6. The molecule has 1 atom stereocenters. The molecule has 6 rings (SSSR count). The highest BCUT2D eigenvalue weighted by Gasteiger charge is 2.36. The summed E-state index contributed by atoms with van der Waals surface area (Å²) in [5.74, 6) is 1.26. The maximum Gasteiger partial charge on any atom is 0.338 e. The molecule has 47 heavy (non-hydrogen) atoms. The number of carbonyl (C=O) groups is 1. The van der Waals surface area contributed by atoms with Crippen molar-refractivity contribution in [3.63, 3.8) is 0 Å². The van der Waals surface area contributed by atoms with Gasteiger partial charge < -0.3 is 18.9 Å². The van der Waals surface area contributed by atoms with Crippen molar-refractivity contribution >= 4 is 34.2 Å². The summed E-state index contributed by atoms with van der Waals surface area (Å²) in [6.45, 7) is 4.38. The molecule has 0 spiro atoms. The van der Waals surface area contributed by atoms with Gasteiger partial charge in [0.25, 0.3) is 5.56 Å². The number of aromatic nitrogens is 1. The van der Waals surface area contributed by atoms with Crippen molar-refractivity contribution in [3.8, 4) is 17.2 Å². The first-order chi connectivity index (χ1) is 22.9. The minimum Gasteiger partial charge on any atom is -0.497 e. The van der Waals surface area contributed by atoms with Crippen LogP contribution in [0.5, 0.6) is 17.2 Å². The van der Waals surface area contributed by atoms with Gasteiger partial charge in [-0.15, -0.1) is 0 Å². The third kappa shape index (κ3) is 6.44. The first-order valence-corrected chi connectivity index (χ1v) is 16.4. The molecule has 0 N–H and O–H groups in total. The van der Waals surface area contributed by atoms with Gasteiger partial charge in [0.2, 0.25) is 0 Å². The predicted molar refractivity (Wildman–Crippen MR) is 184 cm³/mol. The van der Waals surface area contributed by atoms with E-state index in [2.05, 4.69) is 24.3 Å². The van der Waals surface area contributed by atoms with Gasteiger partial charge in [-0.05, 0) is 71.7 Å². The first kappa shape index (κ1) is 31.8. The fourth-order valence-corrected chi connectivity index (χ4v) is 6.91. The predicted octanol–water partition coefficient (Wildman–Crippen LogP) is 6.33. The largest absolute Gasteiger partial charge is 0.497 e. The molecule has 9 heteroatoms. The Kier molecular flexibility index (Phi) is 9.54. The summed E-state index contributed by atoms with van der Waals surface area (Å²) in [5, 5.41) is 2.31. The number of nitrogens with zero attached hydrogens (tertiary/aromatic N) is 2. The van der Waals surface area contributed by atoms with Crippen LogP contribution in [-0.4, -0.2) is 31.4 Å². The average molecular weight is 649 g/mol. The molecule has 0 bridgehead atoms. The number of thiazole rings is 1. The van der Waals surface area contributed by atoms with Gasteiger partial charge in [-0.3, -0.25) is 9.36 Å². The number of fused-ring (bicyclic) bond motifs is 2. The molecule has 0 amide bonds. The summed E-state index contributed by atoms with van der Waals surface area (Å²) in [6, 6.07) is 26.6. The van der Waals surface area contributed by atoms with Crippen molar-refractivity contribution < 1.29 is 23.7 Å². The molecule has 0 saturated heterocycles. The molecule has 8 nitrogen and oxygen atoms in total. The Labute approximate surface area is 276 Å². The summed E-state index contributed by atoms with van der Waals surface area (Å²) in [7, 11) is 3.13. The lowest BCUT2D eigenvalue weighted by molar-refractivity contribution is -0.139. The maximum absolute atomic E-state index is 14.3. The molecule has 0 aliphatic carbocycles. The zero-order valence-electron chi connectivity index (χ0n) is 26.8. The zero-order valence-corrected chi connectivity index (χ0v) is 27.6. The second kappa shape index (κ2) is 14.1. The smallest absolute Gasteiger partial charge is 0.338 e. The van der Waals surface area contributed by atoms with Gasteiger partial charge in [-0.25, -0.2) is 9.79 Å². The Morgan fingerprint density at radius 2 is 1.74 bits per heavy atom. The third-order valence-electron chi connectivity index (χ3n) is 8.05. The summed E-state index contributed by atoms with van der Waals surface area (Å²) >= 11 is 1.28. The molecule has 4 aromatic carbocycles. The second-order valence-corrected chi connectivity index (χ2v) is 12.0. The minimum absolute atomic E-state index is 0.188. The van der Waals surface area contributed by atoms with E-state index in [1.54, 1.807) is 43.9 Å². The minimum atomic E-state index is -0.825. The van der Waals surface area contributed by atoms with Crippen molar-refractivity contribution in [2.75, 3.05) is 20.8 Å². The highest BCUT2D eigenvalue weighted by atomic mass is 32.1. The Morgan fingerprint density at radius 1 is 0.936 bits per heavy atom. The van der Waals surface area contributed by atoms with E-state index in [9.17, 15) is 9.59 Å². The number of hydrogen-bond acceptors (Lipinski definition) is 8. The second-order valence-electron chi connectivity index (χ2n) is 11.0. The molecule has 0 fully saturated rings. The lowest BCUT2D eigenvalue weighted by Crippen LogP contribution is -2.40. The standard InChI is InChI=1S/C38H36N2O6S/c1-5-11-31-34(37(42)45-6-2)35(30-22-27(43-3)18-19-32(30)44-4)40-36(41)33(47-38(40)39-31)21-24-12-9-16-28(20-24)46-23-26-15-10-14-25-13-7-8-17-29(25)26/h7-10,12-22,35H,5-6,11,23H2,1-4H3/b33-21-/t35-/m1/s1. The van der Waals surface area contributed by atoms with Crippen molar-refractivity contribution in [1.29, 1.82) is 0 Å². The van der Waals surface area contributed by atoms with Gasteiger partial charge in [0.05, 0.1) is 36.6 Å². The number of carbonyl (C=O) groups excluding carboxylic acids is 1. The fraction of sp³-hybridized carbons (Fsp3) is 0.237. The van der Waals surface area contributed by atoms with Crippen LogP contribution in [-0.2, 0) is 16.1 Å². The molecule has 240 valence electrons. The third-order valence-corrected chi connectivity index (χ3v) is 9.04. The highest BCUT2D eigenvalue weighted by molar-refractivity contribution is 7.07. The number of esters is 1. The van der Waals surface area contributed by atoms with Crippen LogP contribution in [0.3, 0.4) is 0 Å². The number of allylic oxidation sites excluding steroid dienone is 1. The topological polar surface area (TPSA) is 88.4 Å². The SMILES string of the molecule is CCCC1=C(C(=O)OCC)[C@@H](c2cc(OC)ccc2OC)n2c(s/c(=C\c3cccc(OCc4cccc5ccccc45)c3)c2=O)=N1. The van der Waals surface area contributed by atoms with Crippen LogP contribution in [0.1, 0.15) is 49.4 Å². The van der Waals surface area contributed by atoms with Crippen LogP contribution in [0.4, 0.5) is 0 Å². The van der Waals surface area contributed by atoms with Crippen molar-refractivity contribution in [2.24, 2.45) is 4.99 Å². The number of hydrogen-bond donors (Lipinski definition) is 0. The van der Waals surface area contributed by atoms with Gasteiger partial charge in [0, 0.05) is 5.56 Å². The van der Waals surface area contributed by atoms with Crippen molar-refractivity contribution in [3.05, 3.63) is 133 Å². The number of methoxy groups -OCH3 is 2. The molecule has 5 aromatic rings. The molecule has 1 aliphatic heterocycles. The number of benzene rings is 4. The van der Waals surface area contributed by atoms with Crippen LogP contribution < -0.4 is 29.1 Å². The Balaban J connectivity index is 1.43. The summed E-state index contributed by atoms with van der Waals surface area (Å²) in [5.41, 5.74) is 3.15. The summed E-state index contributed by atoms with van der Waals surface area (Å²) < 4.78 is 25.1. The van der Waals surface area contributed by atoms with Gasteiger partial charge in [-0.2, -0.15) is 0 Å². The van der Waals surface area contributed by atoms with Crippen LogP contribution in [0.15, 0.2) is 106 Å². The average Bonchev–Trinajstić information content (AvgIpc) is 3.40. The monoisotopic (exact) mass is 648 g/mol.